The molecule has 0 unspecified atom stereocenters. The second-order valence-electron chi connectivity index (χ2n) is 6.09. The van der Waals surface area contributed by atoms with Crippen molar-refractivity contribution in [1.29, 1.82) is 0 Å². The number of nitrogens with zero attached hydrogens (tertiary/aromatic N) is 1. The molecule has 138 valence electrons. The van der Waals surface area contributed by atoms with Crippen molar-refractivity contribution in [2.24, 2.45) is 5.92 Å². The molecule has 0 saturated heterocycles. The highest BCUT2D eigenvalue weighted by Gasteiger charge is 2.25. The van der Waals surface area contributed by atoms with E-state index >= 15 is 0 Å². The summed E-state index contributed by atoms with van der Waals surface area (Å²) < 4.78 is 16.0. The van der Waals surface area contributed by atoms with Gasteiger partial charge in [0.2, 0.25) is 11.7 Å². The normalized spacial score (nSPS) is 13.5. The van der Waals surface area contributed by atoms with Crippen LogP contribution in [0.3, 0.4) is 0 Å². The van der Waals surface area contributed by atoms with E-state index in [4.69, 9.17) is 14.2 Å². The monoisotopic (exact) mass is 357 g/mol. The van der Waals surface area contributed by atoms with Crippen molar-refractivity contribution in [3.63, 3.8) is 0 Å². The molecule has 0 spiro atoms. The SMILES string of the molecule is COc1cc(Nc2ccc(NC(=O)C3CCC3)nc2)cc(OC)c1OC. The molecule has 0 aliphatic heterocycles. The highest BCUT2D eigenvalue weighted by Crippen LogP contribution is 2.40. The predicted molar refractivity (Wildman–Crippen MR) is 99.6 cm³/mol. The molecule has 1 aromatic heterocycles. The minimum absolute atomic E-state index is 0.0501. The molecule has 0 atom stereocenters. The van der Waals surface area contributed by atoms with Crippen molar-refractivity contribution in [3.05, 3.63) is 30.5 Å². The summed E-state index contributed by atoms with van der Waals surface area (Å²) in [6, 6.07) is 7.25. The highest BCUT2D eigenvalue weighted by molar-refractivity contribution is 5.92. The number of rotatable bonds is 7. The van der Waals surface area contributed by atoms with E-state index in [2.05, 4.69) is 15.6 Å². The largest absolute Gasteiger partial charge is 0.493 e. The third-order valence-corrected chi connectivity index (χ3v) is 4.44. The first-order valence-corrected chi connectivity index (χ1v) is 8.48. The van der Waals surface area contributed by atoms with Gasteiger partial charge in [-0.25, -0.2) is 4.98 Å². The fourth-order valence-electron chi connectivity index (χ4n) is 2.76. The van der Waals surface area contributed by atoms with Gasteiger partial charge in [-0.2, -0.15) is 0 Å². The fourth-order valence-corrected chi connectivity index (χ4v) is 2.76. The van der Waals surface area contributed by atoms with Gasteiger partial charge in [0, 0.05) is 23.7 Å². The number of carbonyl (C=O) groups excluding carboxylic acids is 1. The smallest absolute Gasteiger partial charge is 0.228 e. The molecule has 26 heavy (non-hydrogen) atoms. The van der Waals surface area contributed by atoms with E-state index in [0.29, 0.717) is 23.1 Å². The molecule has 1 saturated carbocycles. The maximum absolute atomic E-state index is 12.0. The molecular weight excluding hydrogens is 334 g/mol. The summed E-state index contributed by atoms with van der Waals surface area (Å²) in [6.07, 6.45) is 4.72. The number of anilines is 3. The molecule has 1 heterocycles. The van der Waals surface area contributed by atoms with E-state index in [9.17, 15) is 4.79 Å². The lowest BCUT2D eigenvalue weighted by molar-refractivity contribution is -0.122. The van der Waals surface area contributed by atoms with E-state index in [1.54, 1.807) is 33.6 Å². The first kappa shape index (κ1) is 17.8. The summed E-state index contributed by atoms with van der Waals surface area (Å²) in [5.41, 5.74) is 1.55. The van der Waals surface area contributed by atoms with Gasteiger partial charge in [-0.05, 0) is 25.0 Å². The minimum Gasteiger partial charge on any atom is -0.493 e. The number of carbonyl (C=O) groups is 1. The summed E-state index contributed by atoms with van der Waals surface area (Å²) >= 11 is 0. The number of hydrogen-bond acceptors (Lipinski definition) is 6. The number of hydrogen-bond donors (Lipinski definition) is 2. The molecule has 0 bridgehead atoms. The number of pyridine rings is 1. The molecule has 7 heteroatoms. The molecule has 2 aromatic rings. The summed E-state index contributed by atoms with van der Waals surface area (Å²) in [5, 5.41) is 6.09. The van der Waals surface area contributed by atoms with Gasteiger partial charge in [-0.3, -0.25) is 4.79 Å². The van der Waals surface area contributed by atoms with Gasteiger partial charge in [-0.1, -0.05) is 6.42 Å². The lowest BCUT2D eigenvalue weighted by Gasteiger charge is -2.23. The maximum Gasteiger partial charge on any atom is 0.228 e. The maximum atomic E-state index is 12.0. The Morgan fingerprint density at radius 3 is 2.19 bits per heavy atom. The summed E-state index contributed by atoms with van der Waals surface area (Å²) in [6.45, 7) is 0. The fraction of sp³-hybridized carbons (Fsp3) is 0.368. The van der Waals surface area contributed by atoms with Crippen LogP contribution in [0.1, 0.15) is 19.3 Å². The third-order valence-electron chi connectivity index (χ3n) is 4.44. The number of nitrogens with one attached hydrogen (secondary N) is 2. The number of methoxy groups -OCH3 is 3. The average Bonchev–Trinajstić information content (AvgIpc) is 2.61. The Labute approximate surface area is 152 Å². The van der Waals surface area contributed by atoms with Crippen molar-refractivity contribution in [1.82, 2.24) is 4.98 Å². The van der Waals surface area contributed by atoms with Crippen LogP contribution in [-0.2, 0) is 4.79 Å². The van der Waals surface area contributed by atoms with Gasteiger partial charge < -0.3 is 24.8 Å². The van der Waals surface area contributed by atoms with Gasteiger partial charge >= 0.3 is 0 Å². The van der Waals surface area contributed by atoms with Crippen molar-refractivity contribution in [2.45, 2.75) is 19.3 Å². The first-order chi connectivity index (χ1) is 12.6. The van der Waals surface area contributed by atoms with Gasteiger partial charge in [-0.15, -0.1) is 0 Å². The Kier molecular flexibility index (Phi) is 5.46. The Morgan fingerprint density at radius 2 is 1.73 bits per heavy atom. The molecular formula is C19H23N3O4. The van der Waals surface area contributed by atoms with Crippen LogP contribution >= 0.6 is 0 Å². The number of amides is 1. The van der Waals surface area contributed by atoms with Crippen LogP contribution < -0.4 is 24.8 Å². The second kappa shape index (κ2) is 7.95. The van der Waals surface area contributed by atoms with E-state index in [1.807, 2.05) is 18.2 Å². The minimum atomic E-state index is 0.0501. The average molecular weight is 357 g/mol. The Balaban J connectivity index is 1.71. The lowest BCUT2D eigenvalue weighted by Crippen LogP contribution is -2.28. The zero-order valence-corrected chi connectivity index (χ0v) is 15.2. The topological polar surface area (TPSA) is 81.7 Å². The van der Waals surface area contributed by atoms with Crippen LogP contribution in [0.15, 0.2) is 30.5 Å². The van der Waals surface area contributed by atoms with Crippen LogP contribution in [0.5, 0.6) is 17.2 Å². The molecule has 0 radical (unpaired) electrons. The Hall–Kier alpha value is -2.96. The van der Waals surface area contributed by atoms with Crippen LogP contribution in [0.2, 0.25) is 0 Å². The van der Waals surface area contributed by atoms with Crippen LogP contribution in [0.4, 0.5) is 17.2 Å². The van der Waals surface area contributed by atoms with Crippen LogP contribution in [0.25, 0.3) is 0 Å². The molecule has 1 amide bonds. The Morgan fingerprint density at radius 1 is 1.04 bits per heavy atom. The van der Waals surface area contributed by atoms with E-state index < -0.39 is 0 Å². The quantitative estimate of drug-likeness (QED) is 0.788. The van der Waals surface area contributed by atoms with Gasteiger partial charge in [0.25, 0.3) is 0 Å². The molecule has 1 aromatic carbocycles. The number of benzene rings is 1. The molecule has 3 rings (SSSR count). The zero-order valence-electron chi connectivity index (χ0n) is 15.2. The third kappa shape index (κ3) is 3.82. The van der Waals surface area contributed by atoms with Gasteiger partial charge in [0.1, 0.15) is 5.82 Å². The number of aromatic nitrogens is 1. The van der Waals surface area contributed by atoms with Gasteiger partial charge in [0.15, 0.2) is 11.5 Å². The lowest BCUT2D eigenvalue weighted by atomic mass is 9.85. The first-order valence-electron chi connectivity index (χ1n) is 8.48. The van der Waals surface area contributed by atoms with Crippen molar-refractivity contribution >= 4 is 23.1 Å². The molecule has 1 aliphatic carbocycles. The van der Waals surface area contributed by atoms with E-state index in [-0.39, 0.29) is 11.8 Å². The van der Waals surface area contributed by atoms with E-state index in [1.165, 1.54) is 0 Å². The molecule has 1 aliphatic rings. The van der Waals surface area contributed by atoms with Crippen LogP contribution in [0, 0.1) is 5.92 Å². The Bertz CT molecular complexity index is 748. The molecule has 1 fully saturated rings. The van der Waals surface area contributed by atoms with Crippen molar-refractivity contribution in [2.75, 3.05) is 32.0 Å². The van der Waals surface area contributed by atoms with Crippen molar-refractivity contribution < 1.29 is 19.0 Å². The van der Waals surface area contributed by atoms with Crippen LogP contribution in [-0.4, -0.2) is 32.2 Å². The van der Waals surface area contributed by atoms with Gasteiger partial charge in [0.05, 0.1) is 33.2 Å². The summed E-state index contributed by atoms with van der Waals surface area (Å²) in [4.78, 5) is 16.3. The zero-order chi connectivity index (χ0) is 18.5. The van der Waals surface area contributed by atoms with E-state index in [0.717, 1.165) is 30.6 Å². The standard InChI is InChI=1S/C19H23N3O4/c1-24-15-9-14(10-16(25-2)18(15)26-3)21-13-7-8-17(20-11-13)22-19(23)12-5-4-6-12/h7-12,21H,4-6H2,1-3H3,(H,20,22,23). The predicted octanol–water partition coefficient (Wildman–Crippen LogP) is 3.59. The number of ether oxygens (including phenoxy) is 3. The summed E-state index contributed by atoms with van der Waals surface area (Å²) in [5.74, 6) is 2.39. The molecule has 2 N–H and O–H groups in total. The van der Waals surface area contributed by atoms with Crippen molar-refractivity contribution in [3.8, 4) is 17.2 Å². The highest BCUT2D eigenvalue weighted by atomic mass is 16.5. The second-order valence-corrected chi connectivity index (χ2v) is 6.09. The molecule has 7 nitrogen and oxygen atoms in total. The summed E-state index contributed by atoms with van der Waals surface area (Å²) in [7, 11) is 4.71.